The number of hydrogen-bond acceptors (Lipinski definition) is 8. The Morgan fingerprint density at radius 2 is 1.17 bits per heavy atom. The minimum atomic E-state index is -1.23. The molecule has 3 aromatic rings. The maximum atomic E-state index is 14.0. The number of nitrogens with two attached hydrogens (primary N) is 3. The van der Waals surface area contributed by atoms with Gasteiger partial charge in [-0.25, -0.2) is 0 Å². The van der Waals surface area contributed by atoms with Crippen LogP contribution in [-0.4, -0.2) is 95.1 Å². The van der Waals surface area contributed by atoms with Gasteiger partial charge in [0, 0.05) is 43.4 Å². The highest BCUT2D eigenvalue weighted by Crippen LogP contribution is 2.19. The number of primary amides is 1. The Bertz CT molecular complexity index is 1910. The second kappa shape index (κ2) is 22.9. The van der Waals surface area contributed by atoms with Crippen LogP contribution >= 0.6 is 0 Å². The zero-order valence-corrected chi connectivity index (χ0v) is 33.4. The summed E-state index contributed by atoms with van der Waals surface area (Å²) >= 11 is 0. The largest absolute Gasteiger partial charge is 0.370 e. The molecule has 13 N–H and O–H groups in total. The molecule has 0 radical (unpaired) electrons. The van der Waals surface area contributed by atoms with Gasteiger partial charge in [-0.05, 0) is 50.3 Å². The topological polar surface area (TPSA) is 298 Å². The summed E-state index contributed by atoms with van der Waals surface area (Å²) in [6, 6.07) is 9.68. The molecule has 314 valence electrons. The molecule has 0 aliphatic carbocycles. The van der Waals surface area contributed by atoms with E-state index in [1.165, 1.54) is 20.8 Å². The first-order valence-electron chi connectivity index (χ1n) is 19.3. The standard InChI is InChI=1S/C40H57N11O7/c1-5-6-16-30(48-25(4)52)37(56)47-23(2)35(54)46-24(3)36(55)51-33(20-26-13-8-7-9-14-26)39(58)49-31(18-12-19-44-40(42)43)38(57)50-32(34(41)53)21-27-22-45-29-17-11-10-15-28(27)29/h7-11,13-15,17,22-24,30-33,45H,5-6,12,16,18-21H2,1-4H3,(H2,41,53)(H,46,54)(H,47,56)(H,48,52)(H,49,58)(H,50,57)(H,51,55)(H4,42,43,44)/t23-,24-,30-,31-,32-,33+/m0/s1. The van der Waals surface area contributed by atoms with E-state index in [0.29, 0.717) is 18.4 Å². The number of H-pyrrole nitrogens is 1. The third kappa shape index (κ3) is 14.9. The second-order valence-corrected chi connectivity index (χ2v) is 14.1. The predicted octanol–water partition coefficient (Wildman–Crippen LogP) is -0.349. The number of para-hydroxylation sites is 1. The summed E-state index contributed by atoms with van der Waals surface area (Å²) in [5.41, 5.74) is 19.0. The normalized spacial score (nSPS) is 14.0. The van der Waals surface area contributed by atoms with Gasteiger partial charge in [-0.1, -0.05) is 68.3 Å². The minimum absolute atomic E-state index is 0.0145. The number of unbranched alkanes of at least 4 members (excludes halogenated alkanes) is 1. The van der Waals surface area contributed by atoms with E-state index in [-0.39, 0.29) is 44.1 Å². The molecule has 18 heteroatoms. The van der Waals surface area contributed by atoms with Crippen molar-refractivity contribution in [1.82, 2.24) is 36.9 Å². The lowest BCUT2D eigenvalue weighted by Gasteiger charge is -2.26. The number of guanidine groups is 1. The van der Waals surface area contributed by atoms with Crippen LogP contribution in [0, 0.1) is 0 Å². The first-order chi connectivity index (χ1) is 27.6. The molecule has 0 fully saturated rings. The zero-order valence-electron chi connectivity index (χ0n) is 33.4. The highest BCUT2D eigenvalue weighted by atomic mass is 16.2. The maximum Gasteiger partial charge on any atom is 0.243 e. The van der Waals surface area contributed by atoms with Gasteiger partial charge in [-0.2, -0.15) is 0 Å². The number of rotatable bonds is 23. The summed E-state index contributed by atoms with van der Waals surface area (Å²) in [6.45, 7) is 6.24. The fourth-order valence-electron chi connectivity index (χ4n) is 6.12. The number of aromatic amines is 1. The molecular weight excluding hydrogens is 747 g/mol. The second-order valence-electron chi connectivity index (χ2n) is 14.1. The lowest BCUT2D eigenvalue weighted by molar-refractivity contribution is -0.135. The summed E-state index contributed by atoms with van der Waals surface area (Å²) in [4.78, 5) is 98.6. The zero-order chi connectivity index (χ0) is 42.8. The first kappa shape index (κ1) is 45.9. The SMILES string of the molecule is CCCC[C@H](NC(C)=O)C(=O)N[C@@H](C)C(=O)N[C@@H](C)C(=O)N[C@H](Cc1ccccc1)C(=O)N[C@@H](CCCN=C(N)N)C(=O)N[C@@H](Cc1c[nH]c2ccccc12)C(N)=O. The molecule has 2 aromatic carbocycles. The third-order valence-electron chi connectivity index (χ3n) is 9.30. The van der Waals surface area contributed by atoms with Gasteiger partial charge in [0.05, 0.1) is 0 Å². The molecule has 0 saturated heterocycles. The van der Waals surface area contributed by atoms with Crippen LogP contribution in [0.25, 0.3) is 10.9 Å². The van der Waals surface area contributed by atoms with Gasteiger partial charge in [0.25, 0.3) is 0 Å². The Labute approximate surface area is 337 Å². The molecule has 0 aliphatic heterocycles. The summed E-state index contributed by atoms with van der Waals surface area (Å²) in [6.07, 6.45) is 4.00. The molecule has 3 rings (SSSR count). The van der Waals surface area contributed by atoms with Crippen molar-refractivity contribution in [3.8, 4) is 0 Å². The van der Waals surface area contributed by atoms with Crippen LogP contribution in [0.1, 0.15) is 70.9 Å². The summed E-state index contributed by atoms with van der Waals surface area (Å²) in [5, 5.41) is 16.7. The molecule has 6 atom stereocenters. The van der Waals surface area contributed by atoms with Gasteiger partial charge in [0.1, 0.15) is 36.3 Å². The highest BCUT2D eigenvalue weighted by molar-refractivity contribution is 5.97. The fourth-order valence-corrected chi connectivity index (χ4v) is 6.12. The van der Waals surface area contributed by atoms with Crippen LogP contribution in [0.15, 0.2) is 65.8 Å². The highest BCUT2D eigenvalue weighted by Gasteiger charge is 2.31. The molecule has 0 aliphatic rings. The quantitative estimate of drug-likeness (QED) is 0.0340. The maximum absolute atomic E-state index is 14.0. The summed E-state index contributed by atoms with van der Waals surface area (Å²) in [5.74, 6) is -4.67. The molecule has 0 saturated carbocycles. The van der Waals surface area contributed by atoms with Crippen LogP contribution in [0.2, 0.25) is 0 Å². The lowest BCUT2D eigenvalue weighted by atomic mass is 10.0. The Morgan fingerprint density at radius 3 is 1.81 bits per heavy atom. The van der Waals surface area contributed by atoms with Crippen LogP contribution in [0.3, 0.4) is 0 Å². The van der Waals surface area contributed by atoms with Crippen LogP contribution in [-0.2, 0) is 46.4 Å². The smallest absolute Gasteiger partial charge is 0.243 e. The van der Waals surface area contributed by atoms with Crippen LogP contribution < -0.4 is 49.1 Å². The molecule has 7 amide bonds. The number of aromatic nitrogens is 1. The van der Waals surface area contributed by atoms with E-state index in [9.17, 15) is 33.6 Å². The van der Waals surface area contributed by atoms with Gasteiger partial charge in [0.2, 0.25) is 41.4 Å². The minimum Gasteiger partial charge on any atom is -0.370 e. The molecule has 1 heterocycles. The van der Waals surface area contributed by atoms with E-state index >= 15 is 0 Å². The van der Waals surface area contributed by atoms with Crippen LogP contribution in [0.5, 0.6) is 0 Å². The molecule has 0 unspecified atom stereocenters. The number of amides is 7. The van der Waals surface area contributed by atoms with Crippen molar-refractivity contribution in [2.45, 2.75) is 109 Å². The van der Waals surface area contributed by atoms with Crippen molar-refractivity contribution in [1.29, 1.82) is 0 Å². The van der Waals surface area contributed by atoms with E-state index in [2.05, 4.69) is 41.9 Å². The Kier molecular flexibility index (Phi) is 18.2. The Balaban J connectivity index is 1.77. The van der Waals surface area contributed by atoms with Crippen molar-refractivity contribution in [3.63, 3.8) is 0 Å². The van der Waals surface area contributed by atoms with Crippen molar-refractivity contribution >= 4 is 58.2 Å². The molecule has 58 heavy (non-hydrogen) atoms. The van der Waals surface area contributed by atoms with Gasteiger partial charge in [-0.3, -0.25) is 38.6 Å². The number of nitrogens with one attached hydrogen (secondary N) is 7. The number of hydrogen-bond donors (Lipinski definition) is 10. The summed E-state index contributed by atoms with van der Waals surface area (Å²) in [7, 11) is 0. The van der Waals surface area contributed by atoms with E-state index in [1.807, 2.05) is 31.2 Å². The van der Waals surface area contributed by atoms with Crippen molar-refractivity contribution in [3.05, 3.63) is 71.9 Å². The summed E-state index contributed by atoms with van der Waals surface area (Å²) < 4.78 is 0. The van der Waals surface area contributed by atoms with Crippen LogP contribution in [0.4, 0.5) is 0 Å². The van der Waals surface area contributed by atoms with Crippen molar-refractivity contribution in [2.24, 2.45) is 22.2 Å². The monoisotopic (exact) mass is 803 g/mol. The molecule has 18 nitrogen and oxygen atoms in total. The van der Waals surface area contributed by atoms with Gasteiger partial charge in [0.15, 0.2) is 5.96 Å². The number of carbonyl (C=O) groups is 7. The molecule has 0 spiro atoms. The molecule has 1 aromatic heterocycles. The Morgan fingerprint density at radius 1 is 0.638 bits per heavy atom. The Hall–Kier alpha value is -6.46. The van der Waals surface area contributed by atoms with Crippen molar-refractivity contribution < 1.29 is 33.6 Å². The average molecular weight is 804 g/mol. The van der Waals surface area contributed by atoms with Gasteiger partial charge >= 0.3 is 0 Å². The molecule has 0 bridgehead atoms. The number of benzene rings is 2. The van der Waals surface area contributed by atoms with E-state index in [1.54, 1.807) is 36.5 Å². The number of carbonyl (C=O) groups excluding carboxylic acids is 7. The van der Waals surface area contributed by atoms with E-state index < -0.39 is 71.7 Å². The number of aliphatic imine (C=N–C) groups is 1. The third-order valence-corrected chi connectivity index (χ3v) is 9.30. The van der Waals surface area contributed by atoms with E-state index in [0.717, 1.165) is 22.9 Å². The number of fused-ring (bicyclic) bond motifs is 1. The van der Waals surface area contributed by atoms with Gasteiger partial charge < -0.3 is 54.1 Å². The number of nitrogens with zero attached hydrogens (tertiary/aromatic N) is 1. The van der Waals surface area contributed by atoms with Gasteiger partial charge in [-0.15, -0.1) is 0 Å². The molecular formula is C40H57N11O7. The van der Waals surface area contributed by atoms with Crippen molar-refractivity contribution in [2.75, 3.05) is 6.54 Å². The average Bonchev–Trinajstić information content (AvgIpc) is 3.59. The first-order valence-corrected chi connectivity index (χ1v) is 19.3. The van der Waals surface area contributed by atoms with E-state index in [4.69, 9.17) is 17.2 Å². The fraction of sp³-hybridized carbons (Fsp3) is 0.450. The lowest BCUT2D eigenvalue weighted by Crippen LogP contribution is -2.59. The predicted molar refractivity (Wildman–Crippen MR) is 219 cm³/mol.